The van der Waals surface area contributed by atoms with Crippen LogP contribution in [0.3, 0.4) is 0 Å². The number of aryl methyl sites for hydroxylation is 2. The van der Waals surface area contributed by atoms with Crippen molar-refractivity contribution in [3.63, 3.8) is 0 Å². The molecule has 3 heterocycles. The predicted octanol–water partition coefficient (Wildman–Crippen LogP) is 1.24. The van der Waals surface area contributed by atoms with Crippen LogP contribution in [0.25, 0.3) is 0 Å². The summed E-state index contributed by atoms with van der Waals surface area (Å²) in [6.45, 7) is 4.90. The highest BCUT2D eigenvalue weighted by Crippen LogP contribution is 2.29. The number of hydrogen-bond donors (Lipinski definition) is 0. The molecule has 0 N–H and O–H groups in total. The van der Waals surface area contributed by atoms with Crippen molar-refractivity contribution in [3.8, 4) is 0 Å². The Balaban J connectivity index is 1.42. The van der Waals surface area contributed by atoms with Gasteiger partial charge in [-0.2, -0.15) is 0 Å². The van der Waals surface area contributed by atoms with E-state index in [1.807, 2.05) is 32.0 Å². The highest BCUT2D eigenvalue weighted by molar-refractivity contribution is 6.01. The van der Waals surface area contributed by atoms with Gasteiger partial charge in [0.25, 0.3) is 5.91 Å². The molecule has 0 bridgehead atoms. The number of carbonyl (C=O) groups is 4. The minimum Gasteiger partial charge on any atom is -0.439 e. The van der Waals surface area contributed by atoms with Crippen LogP contribution in [0.15, 0.2) is 18.2 Å². The van der Waals surface area contributed by atoms with Crippen LogP contribution in [-0.2, 0) is 19.1 Å². The van der Waals surface area contributed by atoms with E-state index in [1.165, 1.54) is 0 Å². The molecule has 0 aromatic heterocycles. The highest BCUT2D eigenvalue weighted by Gasteiger charge is 2.44. The van der Waals surface area contributed by atoms with Gasteiger partial charge in [-0.15, -0.1) is 0 Å². The van der Waals surface area contributed by atoms with Crippen molar-refractivity contribution >= 4 is 29.5 Å². The van der Waals surface area contributed by atoms with Crippen molar-refractivity contribution in [2.24, 2.45) is 5.92 Å². The summed E-state index contributed by atoms with van der Waals surface area (Å²) in [5.41, 5.74) is 3.07. The fourth-order valence-corrected chi connectivity index (χ4v) is 4.14. The van der Waals surface area contributed by atoms with Crippen LogP contribution in [0.4, 0.5) is 10.5 Å². The third-order valence-electron chi connectivity index (χ3n) is 5.90. The molecule has 0 saturated carbocycles. The van der Waals surface area contributed by atoms with Crippen LogP contribution in [-0.4, -0.2) is 65.9 Å². The minimum atomic E-state index is -0.638. The molecule has 8 heteroatoms. The molecule has 1 aromatic carbocycles. The Morgan fingerprint density at radius 2 is 1.86 bits per heavy atom. The minimum absolute atomic E-state index is 0.0596. The second-order valence-electron chi connectivity index (χ2n) is 7.72. The van der Waals surface area contributed by atoms with E-state index in [0.29, 0.717) is 26.1 Å². The quantitative estimate of drug-likeness (QED) is 0.781. The molecule has 0 radical (unpaired) electrons. The summed E-state index contributed by atoms with van der Waals surface area (Å²) in [6.07, 6.45) is 0.0763. The Labute approximate surface area is 163 Å². The molecule has 3 aliphatic heterocycles. The van der Waals surface area contributed by atoms with Crippen molar-refractivity contribution in [1.82, 2.24) is 9.80 Å². The smallest absolute Gasteiger partial charge is 0.417 e. The monoisotopic (exact) mass is 385 g/mol. The first-order valence-corrected chi connectivity index (χ1v) is 9.50. The van der Waals surface area contributed by atoms with Gasteiger partial charge in [0.05, 0.1) is 12.0 Å². The molecule has 0 aliphatic carbocycles. The van der Waals surface area contributed by atoms with E-state index in [1.54, 1.807) is 9.80 Å². The van der Waals surface area contributed by atoms with E-state index < -0.39 is 12.0 Å². The summed E-state index contributed by atoms with van der Waals surface area (Å²) in [5, 5.41) is 0. The van der Waals surface area contributed by atoms with Crippen molar-refractivity contribution < 1.29 is 23.9 Å². The Morgan fingerprint density at radius 1 is 1.07 bits per heavy atom. The number of amides is 4. The van der Waals surface area contributed by atoms with Gasteiger partial charge in [0, 0.05) is 31.7 Å². The van der Waals surface area contributed by atoms with E-state index in [2.05, 4.69) is 0 Å². The van der Waals surface area contributed by atoms with Gasteiger partial charge in [-0.3, -0.25) is 14.4 Å². The van der Waals surface area contributed by atoms with Crippen molar-refractivity contribution in [2.45, 2.75) is 32.7 Å². The molecule has 8 nitrogen and oxygen atoms in total. The zero-order valence-corrected chi connectivity index (χ0v) is 16.0. The SMILES string of the molecule is Cc1ccc(N2CC(C(=O)N3CCC(N4C(=O)COC4=O)C3)CC2=O)cc1C. The fraction of sp³-hybridized carbons (Fsp3) is 0.500. The molecule has 3 aliphatic rings. The molecular formula is C20H23N3O5. The van der Waals surface area contributed by atoms with Gasteiger partial charge in [-0.05, 0) is 43.5 Å². The van der Waals surface area contributed by atoms with E-state index >= 15 is 0 Å². The van der Waals surface area contributed by atoms with Gasteiger partial charge < -0.3 is 14.5 Å². The standard InChI is InChI=1S/C20H23N3O5/c1-12-3-4-15(7-13(12)2)22-9-14(8-17(22)24)19(26)21-6-5-16(10-21)23-18(25)11-28-20(23)27/h3-4,7,14,16H,5-6,8-11H2,1-2H3. The summed E-state index contributed by atoms with van der Waals surface area (Å²) in [5.74, 6) is -0.923. The molecular weight excluding hydrogens is 362 g/mol. The Kier molecular flexibility index (Phi) is 4.56. The third-order valence-corrected chi connectivity index (χ3v) is 5.90. The number of cyclic esters (lactones) is 1. The number of hydrogen-bond acceptors (Lipinski definition) is 5. The van der Waals surface area contributed by atoms with Crippen LogP contribution in [0, 0.1) is 19.8 Å². The lowest BCUT2D eigenvalue weighted by Gasteiger charge is -2.23. The molecule has 1 aromatic rings. The summed E-state index contributed by atoms with van der Waals surface area (Å²) in [6, 6.07) is 5.50. The lowest BCUT2D eigenvalue weighted by atomic mass is 10.1. The number of likely N-dealkylation sites (tertiary alicyclic amines) is 1. The topological polar surface area (TPSA) is 87.2 Å². The molecule has 4 amide bonds. The van der Waals surface area contributed by atoms with E-state index in [9.17, 15) is 19.2 Å². The van der Waals surface area contributed by atoms with Gasteiger partial charge in [-0.1, -0.05) is 6.07 Å². The molecule has 0 spiro atoms. The van der Waals surface area contributed by atoms with Crippen molar-refractivity contribution in [1.29, 1.82) is 0 Å². The number of benzene rings is 1. The van der Waals surface area contributed by atoms with Gasteiger partial charge in [-0.25, -0.2) is 9.69 Å². The van der Waals surface area contributed by atoms with Gasteiger partial charge >= 0.3 is 6.09 Å². The summed E-state index contributed by atoms with van der Waals surface area (Å²) >= 11 is 0. The maximum absolute atomic E-state index is 12.9. The largest absolute Gasteiger partial charge is 0.439 e. The number of ether oxygens (including phenoxy) is 1. The Hall–Kier alpha value is -2.90. The summed E-state index contributed by atoms with van der Waals surface area (Å²) in [7, 11) is 0. The molecule has 2 unspecified atom stereocenters. The van der Waals surface area contributed by atoms with Crippen molar-refractivity contribution in [3.05, 3.63) is 29.3 Å². The molecule has 148 valence electrons. The van der Waals surface area contributed by atoms with Crippen molar-refractivity contribution in [2.75, 3.05) is 31.1 Å². The predicted molar refractivity (Wildman–Crippen MR) is 99.6 cm³/mol. The average Bonchev–Trinajstić information content (AvgIpc) is 3.36. The first kappa shape index (κ1) is 18.5. The van der Waals surface area contributed by atoms with Gasteiger partial charge in [0.15, 0.2) is 6.61 Å². The fourth-order valence-electron chi connectivity index (χ4n) is 4.14. The Bertz CT molecular complexity index is 851. The lowest BCUT2D eigenvalue weighted by Crippen LogP contribution is -2.43. The van der Waals surface area contributed by atoms with E-state index in [0.717, 1.165) is 21.7 Å². The maximum Gasteiger partial charge on any atom is 0.417 e. The van der Waals surface area contributed by atoms with E-state index in [-0.39, 0.29) is 36.8 Å². The second kappa shape index (κ2) is 6.92. The average molecular weight is 385 g/mol. The molecule has 2 atom stereocenters. The zero-order chi connectivity index (χ0) is 20.0. The highest BCUT2D eigenvalue weighted by atomic mass is 16.6. The zero-order valence-electron chi connectivity index (χ0n) is 16.0. The van der Waals surface area contributed by atoms with Crippen LogP contribution < -0.4 is 4.90 Å². The normalized spacial score (nSPS) is 25.1. The number of anilines is 1. The van der Waals surface area contributed by atoms with Crippen LogP contribution in [0.1, 0.15) is 24.0 Å². The number of rotatable bonds is 3. The van der Waals surface area contributed by atoms with Crippen LogP contribution in [0.2, 0.25) is 0 Å². The number of nitrogens with zero attached hydrogens (tertiary/aromatic N) is 3. The Morgan fingerprint density at radius 3 is 2.54 bits per heavy atom. The molecule has 3 fully saturated rings. The van der Waals surface area contributed by atoms with Gasteiger partial charge in [0.2, 0.25) is 11.8 Å². The first-order valence-electron chi connectivity index (χ1n) is 9.50. The van der Waals surface area contributed by atoms with Crippen LogP contribution >= 0.6 is 0 Å². The molecule has 3 saturated heterocycles. The lowest BCUT2D eigenvalue weighted by molar-refractivity contribution is -0.135. The number of carbonyl (C=O) groups excluding carboxylic acids is 4. The van der Waals surface area contributed by atoms with Gasteiger partial charge in [0.1, 0.15) is 0 Å². The summed E-state index contributed by atoms with van der Waals surface area (Å²) < 4.78 is 4.76. The number of imide groups is 1. The summed E-state index contributed by atoms with van der Waals surface area (Å²) in [4.78, 5) is 53.4. The maximum atomic E-state index is 12.9. The molecule has 4 rings (SSSR count). The van der Waals surface area contributed by atoms with E-state index in [4.69, 9.17) is 4.74 Å². The first-order chi connectivity index (χ1) is 13.3. The molecule has 28 heavy (non-hydrogen) atoms. The third kappa shape index (κ3) is 3.12. The second-order valence-corrected chi connectivity index (χ2v) is 7.72. The van der Waals surface area contributed by atoms with Crippen LogP contribution in [0.5, 0.6) is 0 Å².